The van der Waals surface area contributed by atoms with Crippen LogP contribution in [0.5, 0.6) is 0 Å². The minimum atomic E-state index is -0.285. The highest BCUT2D eigenvalue weighted by Crippen LogP contribution is 2.19. The van der Waals surface area contributed by atoms with Crippen molar-refractivity contribution in [1.29, 1.82) is 0 Å². The number of hydrogen-bond acceptors (Lipinski definition) is 2. The standard InChI is InChI=1S/C15H16FN3O/c16-13-4-2-1-3-12(13)10-18-15(20)11-5-7-19-8-6-17-14(19)9-11/h1-4,6,8,11H,5,7,9-10H2,(H,18,20). The van der Waals surface area contributed by atoms with Crippen LogP contribution in [0, 0.1) is 11.7 Å². The topological polar surface area (TPSA) is 46.9 Å². The number of aromatic nitrogens is 2. The Bertz CT molecular complexity index is 623. The summed E-state index contributed by atoms with van der Waals surface area (Å²) in [6.07, 6.45) is 5.14. The van der Waals surface area contributed by atoms with Crippen LogP contribution in [0.2, 0.25) is 0 Å². The number of amides is 1. The van der Waals surface area contributed by atoms with Gasteiger partial charge >= 0.3 is 0 Å². The van der Waals surface area contributed by atoms with Crippen LogP contribution in [0.1, 0.15) is 17.8 Å². The Morgan fingerprint density at radius 1 is 1.45 bits per heavy atom. The number of fused-ring (bicyclic) bond motifs is 1. The highest BCUT2D eigenvalue weighted by Gasteiger charge is 2.25. The molecule has 5 heteroatoms. The van der Waals surface area contributed by atoms with Crippen LogP contribution in [0.4, 0.5) is 4.39 Å². The van der Waals surface area contributed by atoms with Crippen molar-refractivity contribution in [2.45, 2.75) is 25.9 Å². The molecule has 2 heterocycles. The van der Waals surface area contributed by atoms with Gasteiger partial charge in [-0.15, -0.1) is 0 Å². The minimum absolute atomic E-state index is 0.0255. The Kier molecular flexibility index (Phi) is 3.50. The van der Waals surface area contributed by atoms with E-state index in [1.54, 1.807) is 24.4 Å². The van der Waals surface area contributed by atoms with Crippen LogP contribution in [0.25, 0.3) is 0 Å². The molecule has 1 aromatic heterocycles. The van der Waals surface area contributed by atoms with E-state index in [0.29, 0.717) is 12.0 Å². The molecule has 20 heavy (non-hydrogen) atoms. The van der Waals surface area contributed by atoms with E-state index in [0.717, 1.165) is 18.8 Å². The summed E-state index contributed by atoms with van der Waals surface area (Å²) in [7, 11) is 0. The first-order valence-electron chi connectivity index (χ1n) is 6.75. The summed E-state index contributed by atoms with van der Waals surface area (Å²) in [5.41, 5.74) is 0.512. The first-order chi connectivity index (χ1) is 9.74. The van der Waals surface area contributed by atoms with Gasteiger partial charge in [0.1, 0.15) is 11.6 Å². The van der Waals surface area contributed by atoms with Gasteiger partial charge in [-0.25, -0.2) is 9.37 Å². The van der Waals surface area contributed by atoms with Crippen molar-refractivity contribution < 1.29 is 9.18 Å². The Morgan fingerprint density at radius 2 is 2.30 bits per heavy atom. The van der Waals surface area contributed by atoms with Crippen LogP contribution in [-0.4, -0.2) is 15.5 Å². The SMILES string of the molecule is O=C(NCc1ccccc1F)C1CCn2ccnc2C1. The van der Waals surface area contributed by atoms with Crippen LogP contribution in [0.3, 0.4) is 0 Å². The second-order valence-electron chi connectivity index (χ2n) is 5.04. The van der Waals surface area contributed by atoms with Gasteiger partial charge in [-0.2, -0.15) is 0 Å². The van der Waals surface area contributed by atoms with Crippen LogP contribution < -0.4 is 5.32 Å². The highest BCUT2D eigenvalue weighted by molar-refractivity contribution is 5.78. The van der Waals surface area contributed by atoms with E-state index in [9.17, 15) is 9.18 Å². The Morgan fingerprint density at radius 3 is 3.15 bits per heavy atom. The molecule has 2 aromatic rings. The average molecular weight is 273 g/mol. The van der Waals surface area contributed by atoms with Crippen molar-refractivity contribution in [3.05, 3.63) is 53.9 Å². The molecule has 1 amide bonds. The van der Waals surface area contributed by atoms with E-state index in [2.05, 4.69) is 14.9 Å². The van der Waals surface area contributed by atoms with Gasteiger partial charge in [0.05, 0.1) is 0 Å². The molecule has 4 nitrogen and oxygen atoms in total. The van der Waals surface area contributed by atoms with Crippen LogP contribution >= 0.6 is 0 Å². The number of hydrogen-bond donors (Lipinski definition) is 1. The van der Waals surface area contributed by atoms with Gasteiger partial charge < -0.3 is 9.88 Å². The second kappa shape index (κ2) is 5.45. The maximum Gasteiger partial charge on any atom is 0.223 e. The van der Waals surface area contributed by atoms with Crippen LogP contribution in [-0.2, 0) is 24.3 Å². The van der Waals surface area contributed by atoms with Crippen molar-refractivity contribution in [3.8, 4) is 0 Å². The zero-order chi connectivity index (χ0) is 13.9. The van der Waals surface area contributed by atoms with Crippen molar-refractivity contribution in [2.75, 3.05) is 0 Å². The molecule has 0 saturated heterocycles. The lowest BCUT2D eigenvalue weighted by molar-refractivity contribution is -0.125. The molecule has 0 aliphatic carbocycles. The van der Waals surface area contributed by atoms with Crippen molar-refractivity contribution in [1.82, 2.24) is 14.9 Å². The number of carbonyl (C=O) groups excluding carboxylic acids is 1. The highest BCUT2D eigenvalue weighted by atomic mass is 19.1. The summed E-state index contributed by atoms with van der Waals surface area (Å²) in [5, 5.41) is 2.82. The second-order valence-corrected chi connectivity index (χ2v) is 5.04. The Hall–Kier alpha value is -2.17. The van der Waals surface area contributed by atoms with Gasteiger partial charge in [-0.3, -0.25) is 4.79 Å². The Balaban J connectivity index is 1.59. The van der Waals surface area contributed by atoms with Gasteiger partial charge in [0.2, 0.25) is 5.91 Å². The molecular formula is C15H16FN3O. The number of nitrogens with one attached hydrogen (secondary N) is 1. The molecule has 0 radical (unpaired) electrons. The number of aryl methyl sites for hydroxylation is 1. The number of benzene rings is 1. The van der Waals surface area contributed by atoms with Gasteiger partial charge in [-0.05, 0) is 12.5 Å². The fourth-order valence-corrected chi connectivity index (χ4v) is 2.54. The van der Waals surface area contributed by atoms with Crippen molar-refractivity contribution in [3.63, 3.8) is 0 Å². The van der Waals surface area contributed by atoms with E-state index in [1.165, 1.54) is 6.07 Å². The molecule has 104 valence electrons. The number of rotatable bonds is 3. The molecule has 1 aliphatic rings. The third kappa shape index (κ3) is 2.57. The third-order valence-electron chi connectivity index (χ3n) is 3.73. The van der Waals surface area contributed by atoms with Crippen molar-refractivity contribution >= 4 is 5.91 Å². The summed E-state index contributed by atoms with van der Waals surface area (Å²) in [5.74, 6) is 0.563. The molecule has 0 bridgehead atoms. The number of carbonyl (C=O) groups is 1. The summed E-state index contributed by atoms with van der Waals surface area (Å²) < 4.78 is 15.5. The fourth-order valence-electron chi connectivity index (χ4n) is 2.54. The average Bonchev–Trinajstić information content (AvgIpc) is 2.93. The lowest BCUT2D eigenvalue weighted by Crippen LogP contribution is -2.35. The molecule has 1 aromatic carbocycles. The lowest BCUT2D eigenvalue weighted by Gasteiger charge is -2.22. The molecule has 1 aliphatic heterocycles. The van der Waals surface area contributed by atoms with E-state index >= 15 is 0 Å². The van der Waals surface area contributed by atoms with Gasteiger partial charge in [0.15, 0.2) is 0 Å². The smallest absolute Gasteiger partial charge is 0.223 e. The number of nitrogens with zero attached hydrogens (tertiary/aromatic N) is 2. The van der Waals surface area contributed by atoms with Gasteiger partial charge in [0, 0.05) is 43.4 Å². The van der Waals surface area contributed by atoms with Crippen molar-refractivity contribution in [2.24, 2.45) is 5.92 Å². The Labute approximate surface area is 116 Å². The maximum absolute atomic E-state index is 13.5. The molecule has 0 saturated carbocycles. The van der Waals surface area contributed by atoms with E-state index < -0.39 is 0 Å². The largest absolute Gasteiger partial charge is 0.352 e. The first kappa shape index (κ1) is 12.8. The summed E-state index contributed by atoms with van der Waals surface area (Å²) in [6, 6.07) is 6.49. The van der Waals surface area contributed by atoms with Crippen LogP contribution in [0.15, 0.2) is 36.7 Å². The first-order valence-corrected chi connectivity index (χ1v) is 6.75. The zero-order valence-corrected chi connectivity index (χ0v) is 11.1. The zero-order valence-electron chi connectivity index (χ0n) is 11.1. The molecule has 1 N–H and O–H groups in total. The molecule has 0 spiro atoms. The minimum Gasteiger partial charge on any atom is -0.352 e. The quantitative estimate of drug-likeness (QED) is 0.928. The monoisotopic (exact) mass is 273 g/mol. The maximum atomic E-state index is 13.5. The van der Waals surface area contributed by atoms with E-state index in [1.807, 2.05) is 6.20 Å². The normalized spacial score (nSPS) is 17.6. The van der Waals surface area contributed by atoms with Gasteiger partial charge in [-0.1, -0.05) is 18.2 Å². The third-order valence-corrected chi connectivity index (χ3v) is 3.73. The van der Waals surface area contributed by atoms with Gasteiger partial charge in [0.25, 0.3) is 0 Å². The molecule has 1 atom stereocenters. The summed E-state index contributed by atoms with van der Waals surface area (Å²) in [4.78, 5) is 16.4. The number of halogens is 1. The predicted octanol–water partition coefficient (Wildman–Crippen LogP) is 1.90. The van der Waals surface area contributed by atoms with E-state index in [4.69, 9.17) is 0 Å². The molecule has 1 unspecified atom stereocenters. The fraction of sp³-hybridized carbons (Fsp3) is 0.333. The predicted molar refractivity (Wildman–Crippen MR) is 72.3 cm³/mol. The lowest BCUT2D eigenvalue weighted by atomic mass is 9.97. The molecular weight excluding hydrogens is 257 g/mol. The summed E-state index contributed by atoms with van der Waals surface area (Å²) in [6.45, 7) is 1.05. The number of imidazole rings is 1. The molecule has 3 rings (SSSR count). The van der Waals surface area contributed by atoms with E-state index in [-0.39, 0.29) is 24.2 Å². The summed E-state index contributed by atoms with van der Waals surface area (Å²) >= 11 is 0. The molecule has 0 fully saturated rings.